The maximum Gasteiger partial charge on any atom is 0.326 e. The van der Waals surface area contributed by atoms with E-state index >= 15 is 0 Å². The van der Waals surface area contributed by atoms with Gasteiger partial charge >= 0.3 is 5.97 Å². The smallest absolute Gasteiger partial charge is 0.326 e. The van der Waals surface area contributed by atoms with Crippen LogP contribution in [0.1, 0.15) is 27.6 Å². The molecular formula is C18H15F2NO4. The summed E-state index contributed by atoms with van der Waals surface area (Å²) in [6, 6.07) is 10.1. The number of ketones is 1. The molecule has 2 aromatic carbocycles. The molecule has 25 heavy (non-hydrogen) atoms. The van der Waals surface area contributed by atoms with Gasteiger partial charge in [0.2, 0.25) is 5.78 Å². The second-order valence-electron chi connectivity index (χ2n) is 5.17. The number of nitrogens with one attached hydrogen (secondary N) is 1. The molecule has 0 heterocycles. The molecule has 0 aliphatic heterocycles. The van der Waals surface area contributed by atoms with Crippen LogP contribution in [0, 0.1) is 11.6 Å². The minimum atomic E-state index is -1.11. The molecule has 0 fully saturated rings. The Morgan fingerprint density at radius 2 is 1.68 bits per heavy atom. The van der Waals surface area contributed by atoms with Crippen LogP contribution in [0.4, 0.5) is 8.78 Å². The van der Waals surface area contributed by atoms with E-state index in [-0.39, 0.29) is 11.1 Å². The van der Waals surface area contributed by atoms with Gasteiger partial charge in [-0.1, -0.05) is 12.1 Å². The highest BCUT2D eigenvalue weighted by molar-refractivity contribution is 6.00. The van der Waals surface area contributed by atoms with Gasteiger partial charge in [0, 0.05) is 5.56 Å². The predicted octanol–water partition coefficient (Wildman–Crippen LogP) is 2.51. The Bertz CT molecular complexity index is 790. The van der Waals surface area contributed by atoms with E-state index in [4.69, 9.17) is 4.74 Å². The molecule has 7 heteroatoms. The quantitative estimate of drug-likeness (QED) is 0.644. The first-order chi connectivity index (χ1) is 11.9. The first-order valence-corrected chi connectivity index (χ1v) is 7.40. The fraction of sp³-hybridized carbons (Fsp3) is 0.167. The number of halogens is 2. The molecule has 0 aliphatic rings. The number of hydrogen-bond donors (Lipinski definition) is 1. The van der Waals surface area contributed by atoms with Gasteiger partial charge in [0.05, 0.1) is 5.56 Å². The number of esters is 1. The molecule has 0 spiro atoms. The van der Waals surface area contributed by atoms with Crippen molar-refractivity contribution in [1.82, 2.24) is 5.32 Å². The van der Waals surface area contributed by atoms with Gasteiger partial charge in [0.15, 0.2) is 6.10 Å². The van der Waals surface area contributed by atoms with Crippen LogP contribution in [0.5, 0.6) is 0 Å². The summed E-state index contributed by atoms with van der Waals surface area (Å²) in [6.45, 7) is 0.844. The van der Waals surface area contributed by atoms with Gasteiger partial charge in [0.1, 0.15) is 18.2 Å². The fourth-order valence-corrected chi connectivity index (χ4v) is 2.03. The van der Waals surface area contributed by atoms with Crippen molar-refractivity contribution in [1.29, 1.82) is 0 Å². The number of carbonyl (C=O) groups is 3. The predicted molar refractivity (Wildman–Crippen MR) is 85.0 cm³/mol. The van der Waals surface area contributed by atoms with Crippen molar-refractivity contribution in [3.05, 3.63) is 71.3 Å². The van der Waals surface area contributed by atoms with Crippen LogP contribution >= 0.6 is 0 Å². The molecular weight excluding hydrogens is 332 g/mol. The van der Waals surface area contributed by atoms with Crippen molar-refractivity contribution in [2.45, 2.75) is 13.0 Å². The van der Waals surface area contributed by atoms with E-state index in [0.717, 1.165) is 18.2 Å². The number of Topliss-reactive ketones (excluding diaryl/α,β-unsaturated/α-hetero) is 1. The molecule has 5 nitrogen and oxygen atoms in total. The number of carbonyl (C=O) groups excluding carboxylic acids is 3. The van der Waals surface area contributed by atoms with Crippen LogP contribution in [0.2, 0.25) is 0 Å². The van der Waals surface area contributed by atoms with Crippen molar-refractivity contribution in [3.63, 3.8) is 0 Å². The maximum atomic E-state index is 13.4. The molecule has 0 saturated heterocycles. The zero-order valence-corrected chi connectivity index (χ0v) is 13.3. The minimum absolute atomic E-state index is 0.192. The Balaban J connectivity index is 1.87. The summed E-state index contributed by atoms with van der Waals surface area (Å²) in [7, 11) is 0. The van der Waals surface area contributed by atoms with Gasteiger partial charge in [-0.05, 0) is 43.3 Å². The van der Waals surface area contributed by atoms with E-state index in [1.165, 1.54) is 37.3 Å². The fourth-order valence-electron chi connectivity index (χ4n) is 2.03. The van der Waals surface area contributed by atoms with Crippen LogP contribution in [0.15, 0.2) is 48.5 Å². The van der Waals surface area contributed by atoms with Crippen LogP contribution in [-0.4, -0.2) is 30.3 Å². The summed E-state index contributed by atoms with van der Waals surface area (Å²) in [5, 5.41) is 2.22. The summed E-state index contributed by atoms with van der Waals surface area (Å²) in [5.41, 5.74) is -0.0113. The second-order valence-corrected chi connectivity index (χ2v) is 5.17. The number of amides is 1. The van der Waals surface area contributed by atoms with E-state index in [0.29, 0.717) is 0 Å². The lowest BCUT2D eigenvalue weighted by molar-refractivity contribution is -0.145. The van der Waals surface area contributed by atoms with E-state index in [9.17, 15) is 23.2 Å². The van der Waals surface area contributed by atoms with Gasteiger partial charge in [-0.3, -0.25) is 14.4 Å². The van der Waals surface area contributed by atoms with Crippen LogP contribution < -0.4 is 5.32 Å². The third-order valence-electron chi connectivity index (χ3n) is 3.32. The van der Waals surface area contributed by atoms with Crippen molar-refractivity contribution in [2.75, 3.05) is 6.54 Å². The first-order valence-electron chi connectivity index (χ1n) is 7.40. The average Bonchev–Trinajstić information content (AvgIpc) is 2.60. The summed E-state index contributed by atoms with van der Waals surface area (Å²) < 4.78 is 31.2. The molecule has 0 saturated carbocycles. The van der Waals surface area contributed by atoms with E-state index in [1.807, 2.05) is 0 Å². The Kier molecular flexibility index (Phi) is 5.94. The van der Waals surface area contributed by atoms with Gasteiger partial charge in [-0.2, -0.15) is 0 Å². The molecule has 0 aliphatic carbocycles. The normalized spacial score (nSPS) is 11.5. The zero-order valence-electron chi connectivity index (χ0n) is 13.3. The number of benzene rings is 2. The van der Waals surface area contributed by atoms with Gasteiger partial charge in [0.25, 0.3) is 5.91 Å². The molecule has 2 aromatic rings. The standard InChI is InChI=1S/C18H15F2NO4/c1-11(17(23)12-6-8-13(19)9-7-12)25-16(22)10-21-18(24)14-4-2-3-5-15(14)20/h2-9,11H,10H2,1H3,(H,21,24)/t11-/m0/s1. The lowest BCUT2D eigenvalue weighted by Crippen LogP contribution is -2.34. The highest BCUT2D eigenvalue weighted by Crippen LogP contribution is 2.09. The molecule has 0 unspecified atom stereocenters. The molecule has 1 amide bonds. The molecule has 0 aromatic heterocycles. The lowest BCUT2D eigenvalue weighted by Gasteiger charge is -2.13. The van der Waals surface area contributed by atoms with Gasteiger partial charge in [-0.25, -0.2) is 8.78 Å². The SMILES string of the molecule is C[C@H](OC(=O)CNC(=O)c1ccccc1F)C(=O)c1ccc(F)cc1. The van der Waals surface area contributed by atoms with Crippen molar-refractivity contribution >= 4 is 17.7 Å². The monoisotopic (exact) mass is 347 g/mol. The third-order valence-corrected chi connectivity index (χ3v) is 3.32. The number of ether oxygens (including phenoxy) is 1. The summed E-state index contributed by atoms with van der Waals surface area (Å²) in [4.78, 5) is 35.6. The average molecular weight is 347 g/mol. The van der Waals surface area contributed by atoms with Crippen LogP contribution in [-0.2, 0) is 9.53 Å². The largest absolute Gasteiger partial charge is 0.453 e. The Morgan fingerprint density at radius 3 is 2.32 bits per heavy atom. The number of hydrogen-bond acceptors (Lipinski definition) is 4. The van der Waals surface area contributed by atoms with Gasteiger partial charge < -0.3 is 10.1 Å². The Hall–Kier alpha value is -3.09. The van der Waals surface area contributed by atoms with E-state index in [2.05, 4.69) is 5.32 Å². The second kappa shape index (κ2) is 8.14. The van der Waals surface area contributed by atoms with Crippen LogP contribution in [0.3, 0.4) is 0 Å². The van der Waals surface area contributed by atoms with Gasteiger partial charge in [-0.15, -0.1) is 0 Å². The third kappa shape index (κ3) is 4.94. The molecule has 1 N–H and O–H groups in total. The highest BCUT2D eigenvalue weighted by atomic mass is 19.1. The van der Waals surface area contributed by atoms with E-state index < -0.39 is 41.9 Å². The molecule has 130 valence electrons. The topological polar surface area (TPSA) is 72.5 Å². The van der Waals surface area contributed by atoms with Crippen molar-refractivity contribution < 1.29 is 27.9 Å². The Morgan fingerprint density at radius 1 is 1.04 bits per heavy atom. The zero-order chi connectivity index (χ0) is 18.4. The maximum absolute atomic E-state index is 13.4. The highest BCUT2D eigenvalue weighted by Gasteiger charge is 2.20. The summed E-state index contributed by atoms with van der Waals surface area (Å²) >= 11 is 0. The van der Waals surface area contributed by atoms with Crippen LogP contribution in [0.25, 0.3) is 0 Å². The molecule has 2 rings (SSSR count). The van der Waals surface area contributed by atoms with Crippen molar-refractivity contribution in [3.8, 4) is 0 Å². The summed E-state index contributed by atoms with van der Waals surface area (Å²) in [5.74, 6) is -3.33. The number of rotatable bonds is 6. The Labute approximate surface area is 142 Å². The molecule has 1 atom stereocenters. The van der Waals surface area contributed by atoms with E-state index in [1.54, 1.807) is 0 Å². The van der Waals surface area contributed by atoms with Crippen molar-refractivity contribution in [2.24, 2.45) is 0 Å². The summed E-state index contributed by atoms with van der Waals surface area (Å²) in [6.07, 6.45) is -1.11. The first kappa shape index (κ1) is 18.3. The molecule has 0 radical (unpaired) electrons. The minimum Gasteiger partial charge on any atom is -0.453 e. The lowest BCUT2D eigenvalue weighted by atomic mass is 10.1. The molecule has 0 bridgehead atoms.